The van der Waals surface area contributed by atoms with E-state index in [2.05, 4.69) is 42.6 Å². The quantitative estimate of drug-likeness (QED) is 0.891. The lowest BCUT2D eigenvalue weighted by molar-refractivity contribution is 0.415. The second-order valence-corrected chi connectivity index (χ2v) is 6.26. The van der Waals surface area contributed by atoms with Crippen LogP contribution < -0.4 is 10.1 Å². The number of hydrogen-bond acceptors (Lipinski definition) is 3. The Morgan fingerprint density at radius 3 is 2.67 bits per heavy atom. The third kappa shape index (κ3) is 2.20. The van der Waals surface area contributed by atoms with E-state index in [4.69, 9.17) is 4.74 Å². The lowest BCUT2D eigenvalue weighted by Gasteiger charge is -2.11. The van der Waals surface area contributed by atoms with E-state index in [1.165, 1.54) is 16.3 Å². The van der Waals surface area contributed by atoms with Gasteiger partial charge < -0.3 is 10.1 Å². The first-order valence-electron chi connectivity index (χ1n) is 6.23. The molecule has 1 saturated heterocycles. The molecule has 1 N–H and O–H groups in total. The molecule has 3 rings (SSSR count). The van der Waals surface area contributed by atoms with Crippen molar-refractivity contribution in [2.45, 2.75) is 17.5 Å². The van der Waals surface area contributed by atoms with Crippen LogP contribution in [0.1, 0.15) is 17.9 Å². The maximum absolute atomic E-state index is 5.25. The minimum atomic E-state index is 0.437. The molecule has 0 aliphatic carbocycles. The van der Waals surface area contributed by atoms with Gasteiger partial charge in [-0.2, -0.15) is 0 Å². The van der Waals surface area contributed by atoms with Crippen LogP contribution in [-0.2, 0) is 0 Å². The first kappa shape index (κ1) is 11.9. The second-order valence-electron chi connectivity index (χ2n) is 4.71. The first-order valence-corrected chi connectivity index (χ1v) is 7.17. The Bertz CT molecular complexity index is 569. The fourth-order valence-corrected chi connectivity index (χ4v) is 3.48. The molecule has 2 atom stereocenters. The molecule has 1 aliphatic rings. The fraction of sp³-hybridized carbons (Fsp3) is 0.333. The normalized spacial score (nSPS) is 23.4. The van der Waals surface area contributed by atoms with E-state index >= 15 is 0 Å². The van der Waals surface area contributed by atoms with Crippen LogP contribution in [0.3, 0.4) is 0 Å². The Morgan fingerprint density at radius 1 is 1.17 bits per heavy atom. The monoisotopic (exact) mass is 259 g/mol. The van der Waals surface area contributed by atoms with Gasteiger partial charge in [-0.3, -0.25) is 0 Å². The molecule has 0 bridgehead atoms. The van der Waals surface area contributed by atoms with Crippen LogP contribution in [0.5, 0.6) is 5.75 Å². The molecule has 2 nitrogen and oxygen atoms in total. The molecular formula is C15H17NOS. The predicted molar refractivity (Wildman–Crippen MR) is 78.3 cm³/mol. The van der Waals surface area contributed by atoms with Crippen molar-refractivity contribution < 1.29 is 4.74 Å². The summed E-state index contributed by atoms with van der Waals surface area (Å²) >= 11 is 2.00. The highest BCUT2D eigenvalue weighted by Gasteiger charge is 2.22. The van der Waals surface area contributed by atoms with E-state index in [-0.39, 0.29) is 0 Å². The number of fused-ring (bicyclic) bond motifs is 1. The first-order chi connectivity index (χ1) is 8.76. The maximum atomic E-state index is 5.25. The van der Waals surface area contributed by atoms with Crippen molar-refractivity contribution in [3.05, 3.63) is 42.0 Å². The summed E-state index contributed by atoms with van der Waals surface area (Å²) in [6, 6.07) is 12.9. The summed E-state index contributed by atoms with van der Waals surface area (Å²) in [6.45, 7) is 3.36. The van der Waals surface area contributed by atoms with Crippen LogP contribution in [0.25, 0.3) is 10.8 Å². The van der Waals surface area contributed by atoms with Crippen molar-refractivity contribution in [3.8, 4) is 5.75 Å². The molecule has 0 saturated carbocycles. The van der Waals surface area contributed by atoms with Crippen LogP contribution in [0.15, 0.2) is 36.4 Å². The molecule has 1 heterocycles. The van der Waals surface area contributed by atoms with E-state index in [0.717, 1.165) is 12.3 Å². The topological polar surface area (TPSA) is 21.3 Å². The van der Waals surface area contributed by atoms with Crippen molar-refractivity contribution >= 4 is 22.5 Å². The summed E-state index contributed by atoms with van der Waals surface area (Å²) in [5.41, 5.74) is 1.36. The standard InChI is InChI=1S/C15H17NOS/c1-10-9-16-15(18-10)13-4-3-12-8-14(17-2)6-5-11(12)7-13/h3-8,10,15-16H,9H2,1-2H3. The Hall–Kier alpha value is -1.19. The summed E-state index contributed by atoms with van der Waals surface area (Å²) in [5.74, 6) is 0.914. The average molecular weight is 259 g/mol. The second kappa shape index (κ2) is 4.82. The number of methoxy groups -OCH3 is 1. The van der Waals surface area contributed by atoms with Gasteiger partial charge in [-0.1, -0.05) is 25.1 Å². The highest BCUT2D eigenvalue weighted by atomic mass is 32.2. The molecule has 18 heavy (non-hydrogen) atoms. The average Bonchev–Trinajstić information content (AvgIpc) is 2.84. The molecule has 0 aromatic heterocycles. The number of benzene rings is 2. The van der Waals surface area contributed by atoms with E-state index in [9.17, 15) is 0 Å². The van der Waals surface area contributed by atoms with Gasteiger partial charge in [0, 0.05) is 11.8 Å². The smallest absolute Gasteiger partial charge is 0.119 e. The van der Waals surface area contributed by atoms with Gasteiger partial charge in [-0.25, -0.2) is 0 Å². The van der Waals surface area contributed by atoms with Gasteiger partial charge in [0.15, 0.2) is 0 Å². The molecule has 2 aromatic carbocycles. The lowest BCUT2D eigenvalue weighted by Crippen LogP contribution is -2.13. The van der Waals surface area contributed by atoms with E-state index in [0.29, 0.717) is 10.6 Å². The minimum Gasteiger partial charge on any atom is -0.497 e. The zero-order valence-corrected chi connectivity index (χ0v) is 11.5. The van der Waals surface area contributed by atoms with Crippen LogP contribution in [-0.4, -0.2) is 18.9 Å². The van der Waals surface area contributed by atoms with E-state index in [1.807, 2.05) is 17.8 Å². The van der Waals surface area contributed by atoms with Gasteiger partial charge in [0.1, 0.15) is 5.75 Å². The highest BCUT2D eigenvalue weighted by molar-refractivity contribution is 8.00. The van der Waals surface area contributed by atoms with E-state index < -0.39 is 0 Å². The van der Waals surface area contributed by atoms with Gasteiger partial charge >= 0.3 is 0 Å². The molecule has 0 spiro atoms. The van der Waals surface area contributed by atoms with Crippen LogP contribution in [0.2, 0.25) is 0 Å². The summed E-state index contributed by atoms with van der Waals surface area (Å²) < 4.78 is 5.25. The molecule has 0 amide bonds. The van der Waals surface area contributed by atoms with Crippen molar-refractivity contribution in [2.24, 2.45) is 0 Å². The third-order valence-electron chi connectivity index (χ3n) is 3.33. The lowest BCUT2D eigenvalue weighted by atomic mass is 10.1. The molecule has 94 valence electrons. The van der Waals surface area contributed by atoms with Gasteiger partial charge in [0.05, 0.1) is 12.5 Å². The van der Waals surface area contributed by atoms with Gasteiger partial charge in [0.25, 0.3) is 0 Å². The molecule has 3 heteroatoms. The summed E-state index contributed by atoms with van der Waals surface area (Å²) in [5, 5.41) is 7.18. The van der Waals surface area contributed by atoms with Crippen LogP contribution >= 0.6 is 11.8 Å². The molecule has 2 aromatic rings. The van der Waals surface area contributed by atoms with Crippen LogP contribution in [0, 0.1) is 0 Å². The number of ether oxygens (including phenoxy) is 1. The maximum Gasteiger partial charge on any atom is 0.119 e. The summed E-state index contributed by atoms with van der Waals surface area (Å²) in [4.78, 5) is 0. The summed E-state index contributed by atoms with van der Waals surface area (Å²) in [6.07, 6.45) is 0. The largest absolute Gasteiger partial charge is 0.497 e. The number of nitrogens with one attached hydrogen (secondary N) is 1. The van der Waals surface area contributed by atoms with Crippen molar-refractivity contribution in [3.63, 3.8) is 0 Å². The third-order valence-corrected chi connectivity index (χ3v) is 4.68. The van der Waals surface area contributed by atoms with Crippen LogP contribution in [0.4, 0.5) is 0 Å². The number of hydrogen-bond donors (Lipinski definition) is 1. The van der Waals surface area contributed by atoms with Gasteiger partial charge in [-0.15, -0.1) is 11.8 Å². The molecule has 0 radical (unpaired) electrons. The Morgan fingerprint density at radius 2 is 1.94 bits per heavy atom. The fourth-order valence-electron chi connectivity index (χ4n) is 2.33. The Labute approximate surface area is 112 Å². The number of thioether (sulfide) groups is 1. The van der Waals surface area contributed by atoms with Crippen molar-refractivity contribution in [2.75, 3.05) is 13.7 Å². The van der Waals surface area contributed by atoms with E-state index in [1.54, 1.807) is 7.11 Å². The molecular weight excluding hydrogens is 242 g/mol. The number of rotatable bonds is 2. The SMILES string of the molecule is COc1ccc2cc(C3NCC(C)S3)ccc2c1. The highest BCUT2D eigenvalue weighted by Crippen LogP contribution is 2.36. The minimum absolute atomic E-state index is 0.437. The Kier molecular flexibility index (Phi) is 3.18. The molecule has 1 aliphatic heterocycles. The van der Waals surface area contributed by atoms with Crippen molar-refractivity contribution in [1.29, 1.82) is 0 Å². The zero-order chi connectivity index (χ0) is 12.5. The summed E-state index contributed by atoms with van der Waals surface area (Å²) in [7, 11) is 1.70. The van der Waals surface area contributed by atoms with Gasteiger partial charge in [-0.05, 0) is 34.5 Å². The zero-order valence-electron chi connectivity index (χ0n) is 10.6. The molecule has 2 unspecified atom stereocenters. The van der Waals surface area contributed by atoms with Gasteiger partial charge in [0.2, 0.25) is 0 Å². The predicted octanol–water partition coefficient (Wildman–Crippen LogP) is 3.57. The van der Waals surface area contributed by atoms with Crippen molar-refractivity contribution in [1.82, 2.24) is 5.32 Å². The molecule has 1 fully saturated rings. The Balaban J connectivity index is 1.96.